The molecule has 0 fully saturated rings. The fraction of sp³-hybridized carbons (Fsp3) is 0.250. The summed E-state index contributed by atoms with van der Waals surface area (Å²) in [7, 11) is 1.87. The van der Waals surface area contributed by atoms with Gasteiger partial charge in [0.15, 0.2) is 0 Å². The Bertz CT molecular complexity index is 748. The van der Waals surface area contributed by atoms with Crippen LogP contribution in [0.1, 0.15) is 22.9 Å². The van der Waals surface area contributed by atoms with E-state index in [2.05, 4.69) is 10.1 Å². The van der Waals surface area contributed by atoms with E-state index < -0.39 is 6.10 Å². The van der Waals surface area contributed by atoms with Crippen molar-refractivity contribution in [3.05, 3.63) is 59.5 Å². The Balaban J connectivity index is 1.87. The van der Waals surface area contributed by atoms with Gasteiger partial charge in [-0.3, -0.25) is 9.67 Å². The Hall–Kier alpha value is -2.20. The highest BCUT2D eigenvalue weighted by atomic mass is 16.3. The number of aryl methyl sites for hydroxylation is 2. The molecule has 102 valence electrons. The highest BCUT2D eigenvalue weighted by Gasteiger charge is 2.10. The van der Waals surface area contributed by atoms with Crippen LogP contribution in [-0.2, 0) is 13.5 Å². The molecule has 0 radical (unpaired) electrons. The summed E-state index contributed by atoms with van der Waals surface area (Å²) in [6.07, 6.45) is 3.76. The van der Waals surface area contributed by atoms with Gasteiger partial charge in [-0.15, -0.1) is 0 Å². The molecular weight excluding hydrogens is 250 g/mol. The number of hydrogen-bond acceptors (Lipinski definition) is 3. The van der Waals surface area contributed by atoms with Gasteiger partial charge in [0.25, 0.3) is 0 Å². The first-order valence-corrected chi connectivity index (χ1v) is 6.65. The maximum absolute atomic E-state index is 10.3. The van der Waals surface area contributed by atoms with Crippen LogP contribution in [0.5, 0.6) is 0 Å². The molecule has 1 N–H and O–H groups in total. The Morgan fingerprint density at radius 1 is 1.25 bits per heavy atom. The van der Waals surface area contributed by atoms with Crippen molar-refractivity contribution in [2.75, 3.05) is 0 Å². The zero-order valence-corrected chi connectivity index (χ0v) is 11.6. The summed E-state index contributed by atoms with van der Waals surface area (Å²) < 4.78 is 1.75. The predicted octanol–water partition coefficient (Wildman–Crippen LogP) is 2.55. The summed E-state index contributed by atoms with van der Waals surface area (Å²) in [5.41, 5.74) is 3.90. The molecule has 0 aliphatic rings. The molecule has 0 amide bonds. The largest absolute Gasteiger partial charge is 0.388 e. The Labute approximate surface area is 117 Å². The van der Waals surface area contributed by atoms with E-state index in [-0.39, 0.29) is 0 Å². The van der Waals surface area contributed by atoms with Crippen LogP contribution in [-0.4, -0.2) is 19.9 Å². The van der Waals surface area contributed by atoms with Crippen LogP contribution >= 0.6 is 0 Å². The number of hydrogen-bond donors (Lipinski definition) is 1. The molecule has 1 atom stereocenters. The molecular formula is C16H17N3O. The van der Waals surface area contributed by atoms with Gasteiger partial charge in [0.1, 0.15) is 0 Å². The zero-order valence-electron chi connectivity index (χ0n) is 11.6. The normalized spacial score (nSPS) is 12.8. The van der Waals surface area contributed by atoms with E-state index in [1.54, 1.807) is 10.9 Å². The van der Waals surface area contributed by atoms with Crippen LogP contribution < -0.4 is 0 Å². The second kappa shape index (κ2) is 5.06. The van der Waals surface area contributed by atoms with Gasteiger partial charge in [0.2, 0.25) is 0 Å². The van der Waals surface area contributed by atoms with Crippen molar-refractivity contribution in [3.63, 3.8) is 0 Å². The molecule has 1 unspecified atom stereocenters. The monoisotopic (exact) mass is 267 g/mol. The first-order chi connectivity index (χ1) is 9.61. The molecule has 0 aliphatic carbocycles. The first-order valence-electron chi connectivity index (χ1n) is 6.65. The molecule has 3 aromatic rings. The molecule has 4 heteroatoms. The van der Waals surface area contributed by atoms with E-state index in [1.165, 1.54) is 0 Å². The van der Waals surface area contributed by atoms with Gasteiger partial charge in [-0.05, 0) is 36.2 Å². The number of pyridine rings is 1. The molecule has 2 aromatic heterocycles. The molecule has 4 nitrogen and oxygen atoms in total. The first kappa shape index (κ1) is 12.8. The molecule has 0 spiro atoms. The maximum atomic E-state index is 10.3. The van der Waals surface area contributed by atoms with Crippen molar-refractivity contribution >= 4 is 10.9 Å². The Morgan fingerprint density at radius 3 is 2.85 bits per heavy atom. The van der Waals surface area contributed by atoms with Crippen molar-refractivity contribution in [1.82, 2.24) is 14.8 Å². The average molecular weight is 267 g/mol. The minimum absolute atomic E-state index is 0.523. The molecule has 1 aromatic carbocycles. The molecule has 0 bridgehead atoms. The van der Waals surface area contributed by atoms with E-state index in [0.717, 1.165) is 27.7 Å². The predicted molar refractivity (Wildman–Crippen MR) is 78.4 cm³/mol. The van der Waals surface area contributed by atoms with Crippen molar-refractivity contribution in [1.29, 1.82) is 0 Å². The maximum Gasteiger partial charge on any atom is 0.0831 e. The lowest BCUT2D eigenvalue weighted by Crippen LogP contribution is -2.01. The molecule has 2 heterocycles. The van der Waals surface area contributed by atoms with Crippen LogP contribution in [0, 0.1) is 6.92 Å². The van der Waals surface area contributed by atoms with E-state index >= 15 is 0 Å². The van der Waals surface area contributed by atoms with Gasteiger partial charge >= 0.3 is 0 Å². The second-order valence-corrected chi connectivity index (χ2v) is 5.15. The number of aliphatic hydroxyl groups excluding tert-OH is 1. The molecule has 3 rings (SSSR count). The third-order valence-electron chi connectivity index (χ3n) is 3.42. The van der Waals surface area contributed by atoms with Crippen molar-refractivity contribution in [3.8, 4) is 0 Å². The van der Waals surface area contributed by atoms with Gasteiger partial charge in [-0.25, -0.2) is 0 Å². The number of aliphatic hydroxyl groups is 1. The van der Waals surface area contributed by atoms with Gasteiger partial charge in [-0.2, -0.15) is 5.10 Å². The third-order valence-corrected chi connectivity index (χ3v) is 3.42. The minimum atomic E-state index is -0.523. The van der Waals surface area contributed by atoms with E-state index in [9.17, 15) is 5.11 Å². The number of aromatic nitrogens is 3. The number of nitrogens with zero attached hydrogens (tertiary/aromatic N) is 3. The van der Waals surface area contributed by atoms with Gasteiger partial charge in [-0.1, -0.05) is 12.1 Å². The van der Waals surface area contributed by atoms with Gasteiger partial charge < -0.3 is 5.11 Å². The average Bonchev–Trinajstić information content (AvgIpc) is 2.83. The molecule has 0 saturated heterocycles. The van der Waals surface area contributed by atoms with E-state index in [0.29, 0.717) is 6.42 Å². The lowest BCUT2D eigenvalue weighted by molar-refractivity contribution is 0.178. The Morgan fingerprint density at radius 2 is 2.10 bits per heavy atom. The summed E-state index contributed by atoms with van der Waals surface area (Å²) in [5, 5.41) is 15.5. The minimum Gasteiger partial charge on any atom is -0.388 e. The second-order valence-electron chi connectivity index (χ2n) is 5.15. The zero-order chi connectivity index (χ0) is 14.1. The fourth-order valence-electron chi connectivity index (χ4n) is 2.37. The lowest BCUT2D eigenvalue weighted by atomic mass is 10.0. The van der Waals surface area contributed by atoms with Gasteiger partial charge in [0, 0.05) is 30.7 Å². The number of rotatable bonds is 3. The smallest absolute Gasteiger partial charge is 0.0831 e. The highest BCUT2D eigenvalue weighted by molar-refractivity contribution is 5.79. The highest BCUT2D eigenvalue weighted by Crippen LogP contribution is 2.22. The summed E-state index contributed by atoms with van der Waals surface area (Å²) in [6, 6.07) is 9.93. The third kappa shape index (κ3) is 2.56. The van der Waals surface area contributed by atoms with Crippen molar-refractivity contribution < 1.29 is 5.11 Å². The molecule has 0 saturated carbocycles. The summed E-state index contributed by atoms with van der Waals surface area (Å²) in [6.45, 7) is 1.98. The van der Waals surface area contributed by atoms with E-state index in [4.69, 9.17) is 0 Å². The molecule has 0 aliphatic heterocycles. The Kier molecular flexibility index (Phi) is 3.24. The summed E-state index contributed by atoms with van der Waals surface area (Å²) in [5.74, 6) is 0. The quantitative estimate of drug-likeness (QED) is 0.793. The van der Waals surface area contributed by atoms with Crippen LogP contribution in [0.3, 0.4) is 0 Å². The fourth-order valence-corrected chi connectivity index (χ4v) is 2.37. The lowest BCUT2D eigenvalue weighted by Gasteiger charge is -2.10. The van der Waals surface area contributed by atoms with Crippen molar-refractivity contribution in [2.24, 2.45) is 7.05 Å². The number of fused-ring (bicyclic) bond motifs is 1. The number of benzene rings is 1. The SMILES string of the molecule is Cc1ccc2cc(C(O)Cc3cnn(C)c3)ccc2n1. The summed E-state index contributed by atoms with van der Waals surface area (Å²) >= 11 is 0. The van der Waals surface area contributed by atoms with E-state index in [1.807, 2.05) is 50.5 Å². The van der Waals surface area contributed by atoms with Crippen molar-refractivity contribution in [2.45, 2.75) is 19.4 Å². The van der Waals surface area contributed by atoms with Crippen LogP contribution in [0.4, 0.5) is 0 Å². The van der Waals surface area contributed by atoms with Crippen LogP contribution in [0.15, 0.2) is 42.7 Å². The van der Waals surface area contributed by atoms with Crippen LogP contribution in [0.2, 0.25) is 0 Å². The molecule has 20 heavy (non-hydrogen) atoms. The standard InChI is InChI=1S/C16H17N3O/c1-11-3-4-13-8-14(5-6-15(13)18-11)16(20)7-12-9-17-19(2)10-12/h3-6,8-10,16,20H,7H2,1-2H3. The van der Waals surface area contributed by atoms with Gasteiger partial charge in [0.05, 0.1) is 17.8 Å². The summed E-state index contributed by atoms with van der Waals surface area (Å²) in [4.78, 5) is 4.47. The van der Waals surface area contributed by atoms with Crippen LogP contribution in [0.25, 0.3) is 10.9 Å². The topological polar surface area (TPSA) is 50.9 Å².